The van der Waals surface area contributed by atoms with Crippen LogP contribution < -0.4 is 0 Å². The van der Waals surface area contributed by atoms with Crippen LogP contribution in [0.5, 0.6) is 0 Å². The van der Waals surface area contributed by atoms with E-state index in [1.807, 2.05) is 0 Å². The lowest BCUT2D eigenvalue weighted by atomic mass is 9.91. The molecule has 19 heavy (non-hydrogen) atoms. The highest BCUT2D eigenvalue weighted by Gasteiger charge is 2.32. The van der Waals surface area contributed by atoms with Gasteiger partial charge in [-0.1, -0.05) is 13.8 Å². The fraction of sp³-hybridized carbons (Fsp3) is 0.786. The first-order valence-corrected chi connectivity index (χ1v) is 8.10. The summed E-state index contributed by atoms with van der Waals surface area (Å²) >= 11 is 2.41. The summed E-state index contributed by atoms with van der Waals surface area (Å²) in [6.07, 6.45) is 4.45. The first-order valence-electron chi connectivity index (χ1n) is 7.02. The molecule has 3 rings (SSSR count). The van der Waals surface area contributed by atoms with Crippen molar-refractivity contribution < 1.29 is 9.47 Å². The van der Waals surface area contributed by atoms with Crippen LogP contribution in [0.25, 0.3) is 0 Å². The van der Waals surface area contributed by atoms with E-state index in [0.717, 1.165) is 38.1 Å². The van der Waals surface area contributed by atoms with Crippen LogP contribution >= 0.6 is 22.6 Å². The molecule has 0 aliphatic carbocycles. The highest BCUT2D eigenvalue weighted by molar-refractivity contribution is 14.1. The van der Waals surface area contributed by atoms with E-state index < -0.39 is 0 Å². The lowest BCUT2D eigenvalue weighted by Gasteiger charge is -2.22. The monoisotopic (exact) mass is 376 g/mol. The summed E-state index contributed by atoms with van der Waals surface area (Å²) in [5, 5.41) is 4.70. The Morgan fingerprint density at radius 2 is 2.32 bits per heavy atom. The minimum absolute atomic E-state index is 0.0301. The molecule has 4 nitrogen and oxygen atoms in total. The van der Waals surface area contributed by atoms with Gasteiger partial charge in [0.2, 0.25) is 0 Å². The molecule has 1 saturated heterocycles. The largest absolute Gasteiger partial charge is 0.353 e. The molecule has 0 aromatic carbocycles. The lowest BCUT2D eigenvalue weighted by molar-refractivity contribution is -0.169. The topological polar surface area (TPSA) is 36.3 Å². The third kappa shape index (κ3) is 2.97. The standard InChI is InChI=1S/C14H21IN2O2/c1-14(2)7-11-13(15)10(16-17(11)9-14)8-19-12-5-3-4-6-18-12/h12H,3-9H2,1-2H3. The minimum Gasteiger partial charge on any atom is -0.353 e. The molecule has 2 aliphatic rings. The van der Waals surface area contributed by atoms with Crippen LogP contribution in [-0.2, 0) is 29.0 Å². The average Bonchev–Trinajstić information content (AvgIpc) is 2.83. The van der Waals surface area contributed by atoms with Crippen molar-refractivity contribution in [1.82, 2.24) is 9.78 Å². The van der Waals surface area contributed by atoms with E-state index in [1.165, 1.54) is 15.7 Å². The molecule has 3 heterocycles. The molecule has 1 aromatic heterocycles. The van der Waals surface area contributed by atoms with Gasteiger partial charge in [-0.15, -0.1) is 0 Å². The Kier molecular flexibility index (Phi) is 3.88. The van der Waals surface area contributed by atoms with Gasteiger partial charge >= 0.3 is 0 Å². The summed E-state index contributed by atoms with van der Waals surface area (Å²) in [4.78, 5) is 0. The number of aromatic nitrogens is 2. The van der Waals surface area contributed by atoms with Gasteiger partial charge in [0, 0.05) is 13.2 Å². The fourth-order valence-electron chi connectivity index (χ4n) is 2.85. The van der Waals surface area contributed by atoms with Gasteiger partial charge in [0.25, 0.3) is 0 Å². The molecular weight excluding hydrogens is 355 g/mol. The van der Waals surface area contributed by atoms with Gasteiger partial charge in [-0.05, 0) is 53.7 Å². The minimum atomic E-state index is -0.0301. The normalized spacial score (nSPS) is 25.5. The zero-order valence-electron chi connectivity index (χ0n) is 11.6. The average molecular weight is 376 g/mol. The summed E-state index contributed by atoms with van der Waals surface area (Å²) in [5.41, 5.74) is 2.78. The molecule has 106 valence electrons. The number of nitrogens with zero attached hydrogens (tertiary/aromatic N) is 2. The van der Waals surface area contributed by atoms with Crippen molar-refractivity contribution >= 4 is 22.6 Å². The van der Waals surface area contributed by atoms with Gasteiger partial charge in [-0.2, -0.15) is 5.10 Å². The maximum Gasteiger partial charge on any atom is 0.158 e. The quantitative estimate of drug-likeness (QED) is 0.761. The summed E-state index contributed by atoms with van der Waals surface area (Å²) in [6.45, 7) is 7.00. The van der Waals surface area contributed by atoms with Crippen molar-refractivity contribution in [1.29, 1.82) is 0 Å². The van der Waals surface area contributed by atoms with Gasteiger partial charge in [-0.3, -0.25) is 4.68 Å². The Morgan fingerprint density at radius 1 is 1.47 bits per heavy atom. The van der Waals surface area contributed by atoms with E-state index in [-0.39, 0.29) is 6.29 Å². The molecule has 1 unspecified atom stereocenters. The zero-order valence-corrected chi connectivity index (χ0v) is 13.8. The smallest absolute Gasteiger partial charge is 0.158 e. The maximum absolute atomic E-state index is 5.84. The number of ether oxygens (including phenoxy) is 2. The van der Waals surface area contributed by atoms with Gasteiger partial charge < -0.3 is 9.47 Å². The van der Waals surface area contributed by atoms with Crippen molar-refractivity contribution in [2.45, 2.75) is 59.0 Å². The van der Waals surface area contributed by atoms with Crippen LogP contribution in [0.4, 0.5) is 0 Å². The van der Waals surface area contributed by atoms with E-state index in [4.69, 9.17) is 14.6 Å². The van der Waals surface area contributed by atoms with Crippen molar-refractivity contribution in [3.63, 3.8) is 0 Å². The van der Waals surface area contributed by atoms with Crippen molar-refractivity contribution in [2.75, 3.05) is 6.61 Å². The first kappa shape index (κ1) is 13.8. The van der Waals surface area contributed by atoms with E-state index in [9.17, 15) is 0 Å². The predicted molar refractivity (Wildman–Crippen MR) is 80.8 cm³/mol. The second-order valence-electron chi connectivity index (χ2n) is 6.31. The van der Waals surface area contributed by atoms with E-state index in [0.29, 0.717) is 12.0 Å². The second-order valence-corrected chi connectivity index (χ2v) is 7.39. The summed E-state index contributed by atoms with van der Waals surface area (Å²) in [5.74, 6) is 0. The Morgan fingerprint density at radius 3 is 3.00 bits per heavy atom. The maximum atomic E-state index is 5.84. The predicted octanol–water partition coefficient (Wildman–Crippen LogP) is 3.11. The van der Waals surface area contributed by atoms with Gasteiger partial charge in [0.05, 0.1) is 15.9 Å². The Bertz CT molecular complexity index is 464. The van der Waals surface area contributed by atoms with Crippen molar-refractivity contribution in [3.05, 3.63) is 15.0 Å². The highest BCUT2D eigenvalue weighted by Crippen LogP contribution is 2.35. The van der Waals surface area contributed by atoms with E-state index >= 15 is 0 Å². The van der Waals surface area contributed by atoms with Gasteiger partial charge in [-0.25, -0.2) is 0 Å². The van der Waals surface area contributed by atoms with Crippen molar-refractivity contribution in [2.24, 2.45) is 5.41 Å². The van der Waals surface area contributed by atoms with Crippen LogP contribution in [0.3, 0.4) is 0 Å². The highest BCUT2D eigenvalue weighted by atomic mass is 127. The Balaban J connectivity index is 1.64. The van der Waals surface area contributed by atoms with Crippen LogP contribution in [0.2, 0.25) is 0 Å². The van der Waals surface area contributed by atoms with Crippen LogP contribution in [0.15, 0.2) is 0 Å². The first-order chi connectivity index (χ1) is 9.05. The van der Waals surface area contributed by atoms with Crippen LogP contribution in [0, 0.1) is 8.99 Å². The van der Waals surface area contributed by atoms with Crippen molar-refractivity contribution in [3.8, 4) is 0 Å². The van der Waals surface area contributed by atoms with Gasteiger partial charge in [0.1, 0.15) is 5.69 Å². The second kappa shape index (κ2) is 5.33. The van der Waals surface area contributed by atoms with E-state index in [2.05, 4.69) is 41.1 Å². The molecule has 0 bridgehead atoms. The molecular formula is C14H21IN2O2. The Hall–Kier alpha value is -0.140. The lowest BCUT2D eigenvalue weighted by Crippen LogP contribution is -2.22. The Labute approximate surface area is 128 Å². The zero-order chi connectivity index (χ0) is 13.5. The number of fused-ring (bicyclic) bond motifs is 1. The van der Waals surface area contributed by atoms with Gasteiger partial charge in [0.15, 0.2) is 6.29 Å². The molecule has 0 amide bonds. The number of halogens is 1. The molecule has 0 radical (unpaired) electrons. The third-order valence-electron chi connectivity index (χ3n) is 3.83. The summed E-state index contributed by atoms with van der Waals surface area (Å²) in [6, 6.07) is 0. The molecule has 1 fully saturated rings. The summed E-state index contributed by atoms with van der Waals surface area (Å²) < 4.78 is 14.9. The third-order valence-corrected chi connectivity index (χ3v) is 5.07. The number of hydrogen-bond donors (Lipinski definition) is 0. The molecule has 0 spiro atoms. The summed E-state index contributed by atoms with van der Waals surface area (Å²) in [7, 11) is 0. The van der Waals surface area contributed by atoms with E-state index in [1.54, 1.807) is 0 Å². The number of hydrogen-bond acceptors (Lipinski definition) is 3. The van der Waals surface area contributed by atoms with Crippen LogP contribution in [0.1, 0.15) is 44.5 Å². The molecule has 5 heteroatoms. The number of rotatable bonds is 3. The SMILES string of the molecule is CC1(C)Cc2c(I)c(COC3CCCCO3)nn2C1. The molecule has 1 atom stereocenters. The molecule has 2 aliphatic heterocycles. The fourth-order valence-corrected chi connectivity index (χ4v) is 3.58. The molecule has 1 aromatic rings. The molecule has 0 saturated carbocycles. The van der Waals surface area contributed by atoms with Crippen LogP contribution in [-0.4, -0.2) is 22.7 Å². The molecule has 0 N–H and O–H groups in total.